The van der Waals surface area contributed by atoms with Gasteiger partial charge in [-0.15, -0.1) is 0 Å². The van der Waals surface area contributed by atoms with Crippen molar-refractivity contribution >= 4 is 0 Å². The van der Waals surface area contributed by atoms with E-state index in [4.69, 9.17) is 5.73 Å². The SMILES string of the molecule is CCc1cccnc1C(N)Cc1ccn(C)n1. The Morgan fingerprint density at radius 2 is 2.24 bits per heavy atom. The van der Waals surface area contributed by atoms with Crippen molar-refractivity contribution in [3.63, 3.8) is 0 Å². The second kappa shape index (κ2) is 5.10. The summed E-state index contributed by atoms with van der Waals surface area (Å²) in [5.74, 6) is 0. The van der Waals surface area contributed by atoms with Crippen molar-refractivity contribution in [1.82, 2.24) is 14.8 Å². The largest absolute Gasteiger partial charge is 0.322 e. The highest BCUT2D eigenvalue weighted by atomic mass is 15.2. The summed E-state index contributed by atoms with van der Waals surface area (Å²) in [6.45, 7) is 2.12. The van der Waals surface area contributed by atoms with Crippen LogP contribution >= 0.6 is 0 Å². The van der Waals surface area contributed by atoms with Crippen molar-refractivity contribution in [2.75, 3.05) is 0 Å². The maximum absolute atomic E-state index is 6.20. The number of nitrogens with zero attached hydrogens (tertiary/aromatic N) is 3. The number of nitrogens with two attached hydrogens (primary N) is 1. The Hall–Kier alpha value is -1.68. The summed E-state index contributed by atoms with van der Waals surface area (Å²) in [6, 6.07) is 5.95. The van der Waals surface area contributed by atoms with Crippen molar-refractivity contribution in [2.24, 2.45) is 12.8 Å². The van der Waals surface area contributed by atoms with Gasteiger partial charge in [0.05, 0.1) is 17.4 Å². The highest BCUT2D eigenvalue weighted by Crippen LogP contribution is 2.17. The quantitative estimate of drug-likeness (QED) is 0.868. The minimum atomic E-state index is -0.0824. The van der Waals surface area contributed by atoms with Gasteiger partial charge in [0.15, 0.2) is 0 Å². The number of hydrogen-bond donors (Lipinski definition) is 1. The van der Waals surface area contributed by atoms with Gasteiger partial charge in [-0.25, -0.2) is 0 Å². The molecule has 2 aromatic rings. The Morgan fingerprint density at radius 3 is 2.88 bits per heavy atom. The lowest BCUT2D eigenvalue weighted by Gasteiger charge is -2.13. The van der Waals surface area contributed by atoms with Crippen LogP contribution in [0, 0.1) is 0 Å². The molecule has 2 rings (SSSR count). The van der Waals surface area contributed by atoms with Gasteiger partial charge in [-0.2, -0.15) is 5.10 Å². The van der Waals surface area contributed by atoms with Crippen LogP contribution in [0.15, 0.2) is 30.6 Å². The Bertz CT molecular complexity index is 490. The summed E-state index contributed by atoms with van der Waals surface area (Å²) in [6.07, 6.45) is 5.41. The van der Waals surface area contributed by atoms with Crippen LogP contribution in [-0.2, 0) is 19.9 Å². The van der Waals surface area contributed by atoms with Gasteiger partial charge in [0.2, 0.25) is 0 Å². The van der Waals surface area contributed by atoms with E-state index in [0.717, 1.165) is 24.2 Å². The van der Waals surface area contributed by atoms with E-state index in [-0.39, 0.29) is 6.04 Å². The minimum Gasteiger partial charge on any atom is -0.322 e. The van der Waals surface area contributed by atoms with Crippen molar-refractivity contribution in [2.45, 2.75) is 25.8 Å². The molecule has 0 amide bonds. The van der Waals surface area contributed by atoms with Gasteiger partial charge in [0.1, 0.15) is 0 Å². The predicted molar refractivity (Wildman–Crippen MR) is 67.5 cm³/mol. The monoisotopic (exact) mass is 230 g/mol. The summed E-state index contributed by atoms with van der Waals surface area (Å²) < 4.78 is 1.79. The Morgan fingerprint density at radius 1 is 1.41 bits per heavy atom. The van der Waals surface area contributed by atoms with Gasteiger partial charge in [-0.1, -0.05) is 13.0 Å². The van der Waals surface area contributed by atoms with Crippen LogP contribution in [0.2, 0.25) is 0 Å². The van der Waals surface area contributed by atoms with Crippen molar-refractivity contribution in [1.29, 1.82) is 0 Å². The number of pyridine rings is 1. The third-order valence-corrected chi connectivity index (χ3v) is 2.86. The smallest absolute Gasteiger partial charge is 0.0643 e. The maximum Gasteiger partial charge on any atom is 0.0643 e. The van der Waals surface area contributed by atoms with Crippen molar-refractivity contribution in [3.8, 4) is 0 Å². The van der Waals surface area contributed by atoms with Crippen LogP contribution in [0.3, 0.4) is 0 Å². The average molecular weight is 230 g/mol. The summed E-state index contributed by atoms with van der Waals surface area (Å²) >= 11 is 0. The fourth-order valence-corrected chi connectivity index (χ4v) is 1.98. The van der Waals surface area contributed by atoms with E-state index in [2.05, 4.69) is 23.1 Å². The molecule has 0 saturated carbocycles. The van der Waals surface area contributed by atoms with E-state index in [1.165, 1.54) is 5.56 Å². The zero-order valence-electron chi connectivity index (χ0n) is 10.3. The average Bonchev–Trinajstić information content (AvgIpc) is 2.74. The first kappa shape index (κ1) is 11.8. The number of aryl methyl sites for hydroxylation is 2. The van der Waals surface area contributed by atoms with E-state index in [1.54, 1.807) is 10.9 Å². The second-order valence-corrected chi connectivity index (χ2v) is 4.19. The van der Waals surface area contributed by atoms with Crippen molar-refractivity contribution < 1.29 is 0 Å². The lowest BCUT2D eigenvalue weighted by atomic mass is 10.0. The van der Waals surface area contributed by atoms with Gasteiger partial charge >= 0.3 is 0 Å². The van der Waals surface area contributed by atoms with Gasteiger partial charge in [-0.3, -0.25) is 9.67 Å². The van der Waals surface area contributed by atoms with Gasteiger partial charge in [-0.05, 0) is 24.1 Å². The Balaban J connectivity index is 2.16. The molecule has 4 heteroatoms. The molecule has 2 aromatic heterocycles. The molecule has 2 heterocycles. The highest BCUT2D eigenvalue weighted by Gasteiger charge is 2.13. The topological polar surface area (TPSA) is 56.7 Å². The molecule has 0 spiro atoms. The predicted octanol–water partition coefficient (Wildman–Crippen LogP) is 1.62. The van der Waals surface area contributed by atoms with Crippen LogP contribution < -0.4 is 5.73 Å². The molecule has 4 nitrogen and oxygen atoms in total. The molecule has 0 aliphatic heterocycles. The van der Waals surface area contributed by atoms with E-state index < -0.39 is 0 Å². The standard InChI is InChI=1S/C13H18N4/c1-3-10-5-4-7-15-13(10)12(14)9-11-6-8-17(2)16-11/h4-8,12H,3,9,14H2,1-2H3. The van der Waals surface area contributed by atoms with Gasteiger partial charge in [0.25, 0.3) is 0 Å². The fraction of sp³-hybridized carbons (Fsp3) is 0.385. The first-order valence-corrected chi connectivity index (χ1v) is 5.88. The first-order chi connectivity index (χ1) is 8.20. The minimum absolute atomic E-state index is 0.0824. The molecule has 1 atom stereocenters. The van der Waals surface area contributed by atoms with Crippen LogP contribution in [0.25, 0.3) is 0 Å². The Labute approximate surface area is 101 Å². The summed E-state index contributed by atoms with van der Waals surface area (Å²) in [4.78, 5) is 4.39. The summed E-state index contributed by atoms with van der Waals surface area (Å²) in [5, 5.41) is 4.34. The van der Waals surface area contributed by atoms with Crippen molar-refractivity contribution in [3.05, 3.63) is 47.5 Å². The molecule has 0 aliphatic carbocycles. The maximum atomic E-state index is 6.20. The molecule has 17 heavy (non-hydrogen) atoms. The molecule has 0 aliphatic rings. The molecule has 0 aromatic carbocycles. The van der Waals surface area contributed by atoms with Crippen LogP contribution in [-0.4, -0.2) is 14.8 Å². The van der Waals surface area contributed by atoms with Gasteiger partial charge < -0.3 is 5.73 Å². The second-order valence-electron chi connectivity index (χ2n) is 4.19. The molecule has 0 radical (unpaired) electrons. The lowest BCUT2D eigenvalue weighted by Crippen LogP contribution is -2.17. The number of aromatic nitrogens is 3. The van der Waals surface area contributed by atoms with E-state index in [9.17, 15) is 0 Å². The van der Waals surface area contributed by atoms with Crippen LogP contribution in [0.1, 0.15) is 29.9 Å². The van der Waals surface area contributed by atoms with Gasteiger partial charge in [0, 0.05) is 25.9 Å². The molecule has 1 unspecified atom stereocenters. The summed E-state index contributed by atoms with van der Waals surface area (Å²) in [5.41, 5.74) is 9.41. The molecule has 2 N–H and O–H groups in total. The Kier molecular flexibility index (Phi) is 3.54. The van der Waals surface area contributed by atoms with Crippen LogP contribution in [0.5, 0.6) is 0 Å². The zero-order chi connectivity index (χ0) is 12.3. The molecular formula is C13H18N4. The molecule has 0 saturated heterocycles. The highest BCUT2D eigenvalue weighted by molar-refractivity contribution is 5.23. The third kappa shape index (κ3) is 2.71. The van der Waals surface area contributed by atoms with E-state index in [1.807, 2.05) is 25.4 Å². The van der Waals surface area contributed by atoms with E-state index in [0.29, 0.717) is 0 Å². The molecule has 0 bridgehead atoms. The zero-order valence-corrected chi connectivity index (χ0v) is 10.3. The fourth-order valence-electron chi connectivity index (χ4n) is 1.98. The molecule has 90 valence electrons. The lowest BCUT2D eigenvalue weighted by molar-refractivity contribution is 0.653. The first-order valence-electron chi connectivity index (χ1n) is 5.88. The number of rotatable bonds is 4. The van der Waals surface area contributed by atoms with E-state index >= 15 is 0 Å². The molecular weight excluding hydrogens is 212 g/mol. The third-order valence-electron chi connectivity index (χ3n) is 2.86. The normalized spacial score (nSPS) is 12.6. The summed E-state index contributed by atoms with van der Waals surface area (Å²) in [7, 11) is 1.91. The molecule has 0 fully saturated rings. The van der Waals surface area contributed by atoms with Crippen LogP contribution in [0.4, 0.5) is 0 Å². The number of hydrogen-bond acceptors (Lipinski definition) is 3.